The Balaban J connectivity index is 1.98. The first-order chi connectivity index (χ1) is 17.2. The van der Waals surface area contributed by atoms with Gasteiger partial charge in [0.05, 0.1) is 12.7 Å². The molecule has 0 N–H and O–H groups in total. The average Bonchev–Trinajstić information content (AvgIpc) is 2.80. The van der Waals surface area contributed by atoms with Crippen molar-refractivity contribution in [1.82, 2.24) is 4.90 Å². The monoisotopic (exact) mass is 509 g/mol. The first kappa shape index (κ1) is 30.1. The van der Waals surface area contributed by atoms with Gasteiger partial charge in [-0.2, -0.15) is 0 Å². The zero-order valence-electron chi connectivity index (χ0n) is 22.3. The van der Waals surface area contributed by atoms with Crippen LogP contribution in [-0.4, -0.2) is 73.8 Å². The summed E-state index contributed by atoms with van der Waals surface area (Å²) in [5.74, 6) is -0.779. The lowest BCUT2D eigenvalue weighted by Gasteiger charge is -2.38. The number of ketones is 2. The molecular formula is C27H43NO8. The van der Waals surface area contributed by atoms with E-state index >= 15 is 0 Å². The largest absolute Gasteiger partial charge is 0.466 e. The number of esters is 1. The third kappa shape index (κ3) is 9.39. The molecule has 0 aromatic heterocycles. The molecule has 2 rings (SSSR count). The summed E-state index contributed by atoms with van der Waals surface area (Å²) in [6.45, 7) is 6.73. The van der Waals surface area contributed by atoms with Gasteiger partial charge in [-0.25, -0.2) is 0 Å². The maximum atomic E-state index is 13.1. The molecule has 0 radical (unpaired) electrons. The zero-order valence-corrected chi connectivity index (χ0v) is 22.3. The minimum absolute atomic E-state index is 0.000147. The average molecular weight is 510 g/mol. The van der Waals surface area contributed by atoms with E-state index in [9.17, 15) is 24.0 Å². The molecule has 2 amide bonds. The van der Waals surface area contributed by atoms with Crippen LogP contribution in [0.25, 0.3) is 0 Å². The van der Waals surface area contributed by atoms with Crippen molar-refractivity contribution in [3.63, 3.8) is 0 Å². The van der Waals surface area contributed by atoms with Crippen LogP contribution in [0, 0.1) is 23.7 Å². The van der Waals surface area contributed by atoms with Crippen LogP contribution in [0.1, 0.15) is 78.6 Å². The predicted octanol–water partition coefficient (Wildman–Crippen LogP) is 3.12. The first-order valence-corrected chi connectivity index (χ1v) is 13.3. The second kappa shape index (κ2) is 15.2. The summed E-state index contributed by atoms with van der Waals surface area (Å²) >= 11 is 0. The Morgan fingerprint density at radius 3 is 2.36 bits per heavy atom. The van der Waals surface area contributed by atoms with Gasteiger partial charge in [-0.1, -0.05) is 13.8 Å². The van der Waals surface area contributed by atoms with Gasteiger partial charge in [0.25, 0.3) is 0 Å². The topological polar surface area (TPSA) is 116 Å². The van der Waals surface area contributed by atoms with Gasteiger partial charge < -0.3 is 14.2 Å². The van der Waals surface area contributed by atoms with Crippen LogP contribution in [0.15, 0.2) is 0 Å². The molecule has 1 saturated carbocycles. The Kier molecular flexibility index (Phi) is 12.7. The second-order valence-electron chi connectivity index (χ2n) is 10.3. The highest BCUT2D eigenvalue weighted by Crippen LogP contribution is 2.37. The summed E-state index contributed by atoms with van der Waals surface area (Å²) in [6, 6.07) is 0. The summed E-state index contributed by atoms with van der Waals surface area (Å²) in [4.78, 5) is 63.1. The fourth-order valence-corrected chi connectivity index (χ4v) is 5.44. The molecule has 4 atom stereocenters. The van der Waals surface area contributed by atoms with E-state index in [2.05, 4.69) is 6.92 Å². The van der Waals surface area contributed by atoms with Gasteiger partial charge in [-0.15, -0.1) is 0 Å². The summed E-state index contributed by atoms with van der Waals surface area (Å²) in [6.07, 6.45) is 3.48. The Labute approximate surface area is 214 Å². The van der Waals surface area contributed by atoms with Crippen LogP contribution < -0.4 is 0 Å². The number of likely N-dealkylation sites (tertiary alicyclic amines) is 1. The lowest BCUT2D eigenvalue weighted by atomic mass is 9.71. The maximum absolute atomic E-state index is 13.1. The Morgan fingerprint density at radius 1 is 1.03 bits per heavy atom. The molecule has 2 aliphatic rings. The third-order valence-electron chi connectivity index (χ3n) is 7.11. The fourth-order valence-electron chi connectivity index (χ4n) is 5.44. The number of methoxy groups -OCH3 is 1. The lowest BCUT2D eigenvalue weighted by Crippen LogP contribution is -2.46. The number of carbonyl (C=O) groups excluding carboxylic acids is 5. The predicted molar refractivity (Wildman–Crippen MR) is 132 cm³/mol. The molecule has 0 spiro atoms. The van der Waals surface area contributed by atoms with Crippen molar-refractivity contribution in [2.45, 2.75) is 84.7 Å². The van der Waals surface area contributed by atoms with Crippen LogP contribution >= 0.6 is 0 Å². The van der Waals surface area contributed by atoms with Crippen molar-refractivity contribution in [3.05, 3.63) is 0 Å². The minimum atomic E-state index is -0.388. The summed E-state index contributed by atoms with van der Waals surface area (Å²) in [5, 5.41) is 0. The van der Waals surface area contributed by atoms with Gasteiger partial charge in [0.2, 0.25) is 11.8 Å². The van der Waals surface area contributed by atoms with Crippen LogP contribution in [0.4, 0.5) is 0 Å². The summed E-state index contributed by atoms with van der Waals surface area (Å²) < 4.78 is 16.0. The van der Waals surface area contributed by atoms with Crippen molar-refractivity contribution >= 4 is 29.4 Å². The lowest BCUT2D eigenvalue weighted by molar-refractivity contribution is -0.152. The molecule has 1 aliphatic carbocycles. The molecule has 9 heteroatoms. The van der Waals surface area contributed by atoms with E-state index in [1.807, 2.05) is 6.92 Å². The van der Waals surface area contributed by atoms with Crippen LogP contribution in [0.5, 0.6) is 0 Å². The number of piperidine rings is 1. The van der Waals surface area contributed by atoms with Gasteiger partial charge in [0.1, 0.15) is 12.4 Å². The van der Waals surface area contributed by atoms with E-state index in [-0.39, 0.29) is 85.6 Å². The van der Waals surface area contributed by atoms with E-state index in [0.29, 0.717) is 44.8 Å². The number of rotatable bonds is 15. The molecule has 36 heavy (non-hydrogen) atoms. The number of imide groups is 1. The molecule has 2 fully saturated rings. The third-order valence-corrected chi connectivity index (χ3v) is 7.11. The van der Waals surface area contributed by atoms with E-state index in [1.54, 1.807) is 6.92 Å². The van der Waals surface area contributed by atoms with Gasteiger partial charge in [0, 0.05) is 57.8 Å². The zero-order chi connectivity index (χ0) is 26.7. The molecular weight excluding hydrogens is 466 g/mol. The van der Waals surface area contributed by atoms with E-state index in [0.717, 1.165) is 12.8 Å². The van der Waals surface area contributed by atoms with Crippen molar-refractivity contribution in [1.29, 1.82) is 0 Å². The highest BCUT2D eigenvalue weighted by molar-refractivity contribution is 5.98. The van der Waals surface area contributed by atoms with Gasteiger partial charge in [-0.05, 0) is 50.9 Å². The quantitative estimate of drug-likeness (QED) is 0.188. The molecule has 2 unspecified atom stereocenters. The Hall–Kier alpha value is -2.13. The van der Waals surface area contributed by atoms with Gasteiger partial charge >= 0.3 is 5.97 Å². The van der Waals surface area contributed by atoms with Gasteiger partial charge in [0.15, 0.2) is 5.78 Å². The number of hydrogen-bond donors (Lipinski definition) is 0. The van der Waals surface area contributed by atoms with Gasteiger partial charge in [-0.3, -0.25) is 28.9 Å². The summed E-state index contributed by atoms with van der Waals surface area (Å²) in [5.41, 5.74) is 0. The number of ether oxygens (including phenoxy) is 3. The molecule has 1 heterocycles. The van der Waals surface area contributed by atoms with Crippen LogP contribution in [0.3, 0.4) is 0 Å². The molecule has 204 valence electrons. The number of carbonyl (C=O) groups is 5. The second-order valence-corrected chi connectivity index (χ2v) is 10.3. The molecule has 1 saturated heterocycles. The first-order valence-electron chi connectivity index (χ1n) is 13.3. The number of nitrogens with zero attached hydrogens (tertiary/aromatic N) is 1. The molecule has 0 aromatic rings. The highest BCUT2D eigenvalue weighted by Gasteiger charge is 2.40. The Morgan fingerprint density at radius 2 is 1.72 bits per heavy atom. The maximum Gasteiger partial charge on any atom is 0.305 e. The Bertz CT molecular complexity index is 764. The van der Waals surface area contributed by atoms with Crippen molar-refractivity contribution in [3.8, 4) is 0 Å². The van der Waals surface area contributed by atoms with Crippen molar-refractivity contribution in [2.75, 3.05) is 33.5 Å². The summed E-state index contributed by atoms with van der Waals surface area (Å²) in [7, 11) is 1.48. The van der Waals surface area contributed by atoms with Crippen LogP contribution in [-0.2, 0) is 38.2 Å². The number of hydrogen-bond acceptors (Lipinski definition) is 8. The van der Waals surface area contributed by atoms with Crippen LogP contribution in [0.2, 0.25) is 0 Å². The fraction of sp³-hybridized carbons (Fsp3) is 0.815. The smallest absolute Gasteiger partial charge is 0.305 e. The highest BCUT2D eigenvalue weighted by atomic mass is 16.5. The number of Topliss-reactive ketones (excluding diaryl/α,β-unsaturated/α-hetero) is 2. The van der Waals surface area contributed by atoms with Crippen molar-refractivity contribution < 1.29 is 38.2 Å². The van der Waals surface area contributed by atoms with E-state index in [4.69, 9.17) is 14.2 Å². The van der Waals surface area contributed by atoms with Crippen molar-refractivity contribution in [2.24, 2.45) is 23.7 Å². The molecule has 0 bridgehead atoms. The normalized spacial score (nSPS) is 24.2. The van der Waals surface area contributed by atoms with E-state index < -0.39 is 0 Å². The molecule has 0 aromatic carbocycles. The standard InChI is InChI=1S/C27H43NO8/c1-5-35-26(32)9-6-10-28-24(30)15-20(16-25(28)31)14-23(36-11-7-8-21(29)17-34-4)22-13-18(2)12-19(3)27(22)33/h18-20,22-23H,5-17H2,1-4H3/t18-,19?,22?,23+/m0/s1. The molecule has 9 nitrogen and oxygen atoms in total. The SMILES string of the molecule is CCOC(=O)CCCN1C(=O)CC(C[C@@H](OCCCC(=O)COC)C2C[C@@H](C)CC(C)C2=O)CC1=O. The number of amides is 2. The minimum Gasteiger partial charge on any atom is -0.466 e. The van der Waals surface area contributed by atoms with E-state index in [1.165, 1.54) is 12.0 Å². The molecule has 1 aliphatic heterocycles.